The van der Waals surface area contributed by atoms with Crippen molar-refractivity contribution >= 4 is 29.9 Å². The van der Waals surface area contributed by atoms with E-state index in [0.717, 1.165) is 56.3 Å². The third-order valence-electron chi connectivity index (χ3n) is 4.35. The Morgan fingerprint density at radius 2 is 1.79 bits per heavy atom. The van der Waals surface area contributed by atoms with E-state index in [1.807, 2.05) is 22.9 Å². The van der Waals surface area contributed by atoms with Gasteiger partial charge in [0.15, 0.2) is 5.96 Å². The zero-order chi connectivity index (χ0) is 20.0. The fraction of sp³-hybridized carbons (Fsp3) is 0.524. The minimum atomic E-state index is 0. The molecular weight excluding hydrogens is 481 g/mol. The lowest BCUT2D eigenvalue weighted by Crippen LogP contribution is -2.38. The fourth-order valence-electron chi connectivity index (χ4n) is 2.79. The van der Waals surface area contributed by atoms with Crippen molar-refractivity contribution in [1.29, 1.82) is 0 Å². The van der Waals surface area contributed by atoms with E-state index in [0.29, 0.717) is 13.2 Å². The van der Waals surface area contributed by atoms with Crippen molar-refractivity contribution in [3.05, 3.63) is 47.8 Å². The Morgan fingerprint density at radius 1 is 1.07 bits per heavy atom. The molecule has 1 aromatic carbocycles. The first-order chi connectivity index (χ1) is 13.7. The standard InChI is InChI=1S/C21H33N5O2.HI/c1-18-19(17-26(25-18)20-10-5-4-6-11-20)9-7-12-23-21(22-2)24-13-8-14-28-16-15-27-3;/h4-6,10-11,17H,7-9,12-16H2,1-3H3,(H2,22,23,24);1H. The number of aromatic nitrogens is 2. The van der Waals surface area contributed by atoms with Crippen LogP contribution in [0.15, 0.2) is 41.5 Å². The molecule has 0 unspecified atom stereocenters. The molecule has 29 heavy (non-hydrogen) atoms. The van der Waals surface area contributed by atoms with Crippen LogP contribution < -0.4 is 10.6 Å². The number of guanidine groups is 1. The summed E-state index contributed by atoms with van der Waals surface area (Å²) >= 11 is 0. The number of rotatable bonds is 12. The van der Waals surface area contributed by atoms with Gasteiger partial charge < -0.3 is 20.1 Å². The molecule has 0 aliphatic heterocycles. The molecule has 0 bridgehead atoms. The zero-order valence-electron chi connectivity index (χ0n) is 17.7. The molecule has 0 saturated carbocycles. The lowest BCUT2D eigenvalue weighted by molar-refractivity contribution is 0.0698. The van der Waals surface area contributed by atoms with Gasteiger partial charge in [0.25, 0.3) is 0 Å². The highest BCUT2D eigenvalue weighted by Gasteiger charge is 2.06. The maximum atomic E-state index is 5.45. The van der Waals surface area contributed by atoms with Crippen LogP contribution in [0.1, 0.15) is 24.1 Å². The summed E-state index contributed by atoms with van der Waals surface area (Å²) in [5, 5.41) is 11.3. The molecule has 2 N–H and O–H groups in total. The van der Waals surface area contributed by atoms with Crippen LogP contribution in [0.2, 0.25) is 0 Å². The number of ether oxygens (including phenoxy) is 2. The van der Waals surface area contributed by atoms with Crippen molar-refractivity contribution < 1.29 is 9.47 Å². The summed E-state index contributed by atoms with van der Waals surface area (Å²) in [6, 6.07) is 10.2. The molecule has 2 rings (SSSR count). The highest BCUT2D eigenvalue weighted by Crippen LogP contribution is 2.13. The van der Waals surface area contributed by atoms with Crippen molar-refractivity contribution in [3.8, 4) is 5.69 Å². The van der Waals surface area contributed by atoms with Gasteiger partial charge in [-0.3, -0.25) is 4.99 Å². The molecule has 0 fully saturated rings. The summed E-state index contributed by atoms with van der Waals surface area (Å²) in [4.78, 5) is 4.26. The van der Waals surface area contributed by atoms with E-state index >= 15 is 0 Å². The summed E-state index contributed by atoms with van der Waals surface area (Å²) < 4.78 is 12.3. The smallest absolute Gasteiger partial charge is 0.190 e. The molecule has 1 heterocycles. The van der Waals surface area contributed by atoms with Crippen LogP contribution in [0.4, 0.5) is 0 Å². The number of aliphatic imine (C=N–C) groups is 1. The Kier molecular flexibility index (Phi) is 13.3. The number of nitrogens with one attached hydrogen (secondary N) is 2. The fourth-order valence-corrected chi connectivity index (χ4v) is 2.79. The van der Waals surface area contributed by atoms with Crippen molar-refractivity contribution in [3.63, 3.8) is 0 Å². The van der Waals surface area contributed by atoms with E-state index in [-0.39, 0.29) is 24.0 Å². The first kappa shape index (κ1) is 25.4. The first-order valence-electron chi connectivity index (χ1n) is 9.86. The Morgan fingerprint density at radius 3 is 2.48 bits per heavy atom. The SMILES string of the molecule is CN=C(NCCCOCCOC)NCCCc1cn(-c2ccccc2)nc1C.I. The molecule has 0 spiro atoms. The largest absolute Gasteiger partial charge is 0.382 e. The van der Waals surface area contributed by atoms with Crippen molar-refractivity contribution in [2.75, 3.05) is 47.1 Å². The summed E-state index contributed by atoms with van der Waals surface area (Å²) in [6.45, 7) is 5.76. The number of nitrogens with zero attached hydrogens (tertiary/aromatic N) is 3. The molecule has 0 atom stereocenters. The van der Waals surface area contributed by atoms with Crippen molar-refractivity contribution in [1.82, 2.24) is 20.4 Å². The molecule has 7 nitrogen and oxygen atoms in total. The second-order valence-electron chi connectivity index (χ2n) is 6.51. The molecule has 2 aromatic rings. The number of methoxy groups -OCH3 is 1. The Labute approximate surface area is 191 Å². The number of hydrogen-bond acceptors (Lipinski definition) is 4. The second kappa shape index (κ2) is 15.2. The van der Waals surface area contributed by atoms with Crippen LogP contribution in [-0.2, 0) is 15.9 Å². The summed E-state index contributed by atoms with van der Waals surface area (Å²) in [5.41, 5.74) is 3.45. The van der Waals surface area contributed by atoms with Crippen LogP contribution in [-0.4, -0.2) is 62.8 Å². The molecule has 0 radical (unpaired) electrons. The van der Waals surface area contributed by atoms with Gasteiger partial charge in [0.2, 0.25) is 0 Å². The van der Waals surface area contributed by atoms with E-state index in [4.69, 9.17) is 9.47 Å². The minimum Gasteiger partial charge on any atom is -0.382 e. The van der Waals surface area contributed by atoms with E-state index in [2.05, 4.69) is 46.0 Å². The van der Waals surface area contributed by atoms with Gasteiger partial charge in [-0.1, -0.05) is 18.2 Å². The number of halogens is 1. The highest BCUT2D eigenvalue weighted by molar-refractivity contribution is 14.0. The first-order valence-corrected chi connectivity index (χ1v) is 9.86. The van der Waals surface area contributed by atoms with Crippen LogP contribution in [0.3, 0.4) is 0 Å². The summed E-state index contributed by atoms with van der Waals surface area (Å²) in [6.07, 6.45) is 5.06. The van der Waals surface area contributed by atoms with Crippen LogP contribution in [0.25, 0.3) is 5.69 Å². The Bertz CT molecular complexity index is 706. The molecule has 1 aromatic heterocycles. The molecule has 162 valence electrons. The average Bonchev–Trinajstić information content (AvgIpc) is 3.10. The van der Waals surface area contributed by atoms with Gasteiger partial charge in [0, 0.05) is 40.1 Å². The third kappa shape index (κ3) is 9.60. The summed E-state index contributed by atoms with van der Waals surface area (Å²) in [7, 11) is 3.47. The monoisotopic (exact) mass is 515 g/mol. The van der Waals surface area contributed by atoms with Gasteiger partial charge in [0.1, 0.15) is 0 Å². The second-order valence-corrected chi connectivity index (χ2v) is 6.51. The Hall–Kier alpha value is -1.65. The van der Waals surface area contributed by atoms with E-state index in [1.165, 1.54) is 5.56 Å². The number of aryl methyl sites for hydroxylation is 2. The zero-order valence-corrected chi connectivity index (χ0v) is 20.0. The lowest BCUT2D eigenvalue weighted by atomic mass is 10.1. The van der Waals surface area contributed by atoms with Gasteiger partial charge in [-0.15, -0.1) is 24.0 Å². The van der Waals surface area contributed by atoms with Gasteiger partial charge in [-0.25, -0.2) is 4.68 Å². The van der Waals surface area contributed by atoms with Gasteiger partial charge in [-0.2, -0.15) is 5.10 Å². The minimum absolute atomic E-state index is 0. The van der Waals surface area contributed by atoms with Crippen molar-refractivity contribution in [2.24, 2.45) is 4.99 Å². The van der Waals surface area contributed by atoms with Crippen LogP contribution in [0.5, 0.6) is 0 Å². The van der Waals surface area contributed by atoms with Crippen LogP contribution >= 0.6 is 24.0 Å². The highest BCUT2D eigenvalue weighted by atomic mass is 127. The van der Waals surface area contributed by atoms with E-state index < -0.39 is 0 Å². The molecule has 0 amide bonds. The molecule has 0 saturated heterocycles. The Balaban J connectivity index is 0.00000420. The topological polar surface area (TPSA) is 72.7 Å². The molecular formula is C21H34IN5O2. The van der Waals surface area contributed by atoms with Gasteiger partial charge >= 0.3 is 0 Å². The van der Waals surface area contributed by atoms with E-state index in [9.17, 15) is 0 Å². The average molecular weight is 515 g/mol. The maximum absolute atomic E-state index is 5.45. The van der Waals surface area contributed by atoms with Crippen molar-refractivity contribution in [2.45, 2.75) is 26.2 Å². The summed E-state index contributed by atoms with van der Waals surface area (Å²) in [5.74, 6) is 0.827. The quantitative estimate of drug-likeness (QED) is 0.197. The molecule has 8 heteroatoms. The predicted molar refractivity (Wildman–Crippen MR) is 129 cm³/mol. The normalized spacial score (nSPS) is 11.2. The van der Waals surface area contributed by atoms with Gasteiger partial charge in [0.05, 0.1) is 24.6 Å². The van der Waals surface area contributed by atoms with Gasteiger partial charge in [-0.05, 0) is 43.9 Å². The number of para-hydroxylation sites is 1. The number of benzene rings is 1. The number of hydrogen-bond donors (Lipinski definition) is 2. The maximum Gasteiger partial charge on any atom is 0.190 e. The third-order valence-corrected chi connectivity index (χ3v) is 4.35. The predicted octanol–water partition coefficient (Wildman–Crippen LogP) is 2.95. The van der Waals surface area contributed by atoms with E-state index in [1.54, 1.807) is 14.2 Å². The van der Waals surface area contributed by atoms with Crippen LogP contribution in [0, 0.1) is 6.92 Å². The molecule has 0 aliphatic carbocycles. The lowest BCUT2D eigenvalue weighted by Gasteiger charge is -2.11. The molecule has 0 aliphatic rings.